The van der Waals surface area contributed by atoms with Crippen LogP contribution in [0.3, 0.4) is 0 Å². The number of rotatable bonds is 9. The van der Waals surface area contributed by atoms with Crippen LogP contribution in [0.2, 0.25) is 0 Å². The van der Waals surface area contributed by atoms with E-state index in [1.165, 1.54) is 74.7 Å². The minimum absolute atomic E-state index is 1.09. The normalized spacial score (nSPS) is 11.5. The van der Waals surface area contributed by atoms with Crippen LogP contribution in [0, 0.1) is 0 Å². The first-order valence-corrected chi connectivity index (χ1v) is 24.4. The van der Waals surface area contributed by atoms with Crippen LogP contribution < -0.4 is 9.80 Å². The molecule has 0 spiro atoms. The smallest absolute Gasteiger partial charge is 0.0468 e. The van der Waals surface area contributed by atoms with Crippen LogP contribution in [-0.2, 0) is 0 Å². The zero-order chi connectivity index (χ0) is 45.7. The molecule has 324 valence electrons. The van der Waals surface area contributed by atoms with E-state index in [4.69, 9.17) is 0 Å². The molecule has 0 bridgehead atoms. The van der Waals surface area contributed by atoms with Gasteiger partial charge in [-0.15, -0.1) is 11.3 Å². The Balaban J connectivity index is 0.858. The fraction of sp³-hybridized carbons (Fsp3) is 0. The lowest BCUT2D eigenvalue weighted by atomic mass is 9.94. The highest BCUT2D eigenvalue weighted by molar-refractivity contribution is 7.25. The molecule has 13 rings (SSSR count). The first-order chi connectivity index (χ1) is 34.2. The predicted octanol–water partition coefficient (Wildman–Crippen LogP) is 19.5. The summed E-state index contributed by atoms with van der Waals surface area (Å²) < 4.78 is 2.66. The van der Waals surface area contributed by atoms with E-state index in [9.17, 15) is 0 Å². The lowest BCUT2D eigenvalue weighted by Crippen LogP contribution is -2.10. The van der Waals surface area contributed by atoms with Crippen molar-refractivity contribution in [2.75, 3.05) is 9.80 Å². The van der Waals surface area contributed by atoms with Crippen molar-refractivity contribution in [3.05, 3.63) is 267 Å². The van der Waals surface area contributed by atoms with Crippen LogP contribution in [0.15, 0.2) is 267 Å². The molecule has 1 aromatic heterocycles. The van der Waals surface area contributed by atoms with Crippen molar-refractivity contribution in [3.63, 3.8) is 0 Å². The molecule has 2 nitrogen and oxygen atoms in total. The largest absolute Gasteiger partial charge is 0.311 e. The second-order valence-electron chi connectivity index (χ2n) is 17.7. The number of fused-ring (bicyclic) bond motifs is 9. The molecule has 3 heteroatoms. The van der Waals surface area contributed by atoms with E-state index in [1.54, 1.807) is 0 Å². The summed E-state index contributed by atoms with van der Waals surface area (Å²) in [5.74, 6) is 0. The van der Waals surface area contributed by atoms with Crippen molar-refractivity contribution >= 4 is 98.0 Å². The van der Waals surface area contributed by atoms with Gasteiger partial charge in [0.1, 0.15) is 0 Å². The molecule has 12 aromatic carbocycles. The summed E-state index contributed by atoms with van der Waals surface area (Å²) >= 11 is 1.86. The molecule has 13 aromatic rings. The second kappa shape index (κ2) is 17.2. The van der Waals surface area contributed by atoms with Gasteiger partial charge in [-0.1, -0.05) is 176 Å². The van der Waals surface area contributed by atoms with Gasteiger partial charge >= 0.3 is 0 Å². The minimum Gasteiger partial charge on any atom is -0.311 e. The number of hydrogen-bond donors (Lipinski definition) is 0. The van der Waals surface area contributed by atoms with Gasteiger partial charge in [0.25, 0.3) is 0 Å². The van der Waals surface area contributed by atoms with Crippen LogP contribution in [0.25, 0.3) is 85.9 Å². The summed E-state index contributed by atoms with van der Waals surface area (Å²) in [4.78, 5) is 4.69. The summed E-state index contributed by atoms with van der Waals surface area (Å²) in [5.41, 5.74) is 13.8. The summed E-state index contributed by atoms with van der Waals surface area (Å²) in [6.45, 7) is 0. The van der Waals surface area contributed by atoms with E-state index in [-0.39, 0.29) is 0 Å². The van der Waals surface area contributed by atoms with Crippen molar-refractivity contribution in [3.8, 4) is 33.4 Å². The Morgan fingerprint density at radius 1 is 0.188 bits per heavy atom. The van der Waals surface area contributed by atoms with Gasteiger partial charge in [0.2, 0.25) is 0 Å². The van der Waals surface area contributed by atoms with Gasteiger partial charge in [0.15, 0.2) is 0 Å². The van der Waals surface area contributed by atoms with Crippen LogP contribution in [0.1, 0.15) is 0 Å². The molecule has 1 heterocycles. The molecule has 69 heavy (non-hydrogen) atoms. The predicted molar refractivity (Wildman–Crippen MR) is 298 cm³/mol. The third-order valence-corrected chi connectivity index (χ3v) is 14.8. The monoisotopic (exact) mass is 896 g/mol. The number of hydrogen-bond acceptors (Lipinski definition) is 3. The SMILES string of the molecule is c1ccc(N(c2ccccc2)c2ccc(-c3ccc(N(c4ccc(-c5ccc(-c6ccc7sc8ccccc8c7c6)cc5)cc4)c4ccc5c6ccccc6c6ccccc6c5c4)cc3)cc2)cc1. The topological polar surface area (TPSA) is 6.48 Å². The number of para-hydroxylation sites is 2. The first-order valence-electron chi connectivity index (χ1n) is 23.6. The molecule has 0 radical (unpaired) electrons. The average molecular weight is 897 g/mol. The molecule has 0 aliphatic carbocycles. The standard InChI is InChI=1S/C66H44N2S/c1-3-13-51(14-4-1)67(52-15-5-2-6-16-52)53-34-27-47(28-35-53)48-31-38-55(39-32-48)68(56-40-41-61-59-19-8-7-17-57(59)58-18-9-10-20-60(58)63(61)44-56)54-36-29-46(30-37-54)45-23-25-49(26-24-45)50-33-42-66-64(43-50)62-21-11-12-22-65(62)69-66/h1-44H. The van der Waals surface area contributed by atoms with Crippen LogP contribution in [0.5, 0.6) is 0 Å². The van der Waals surface area contributed by atoms with Gasteiger partial charge < -0.3 is 9.80 Å². The van der Waals surface area contributed by atoms with E-state index < -0.39 is 0 Å². The lowest BCUT2D eigenvalue weighted by molar-refractivity contribution is 1.28. The zero-order valence-electron chi connectivity index (χ0n) is 37.7. The van der Waals surface area contributed by atoms with Crippen molar-refractivity contribution in [2.24, 2.45) is 0 Å². The fourth-order valence-electron chi connectivity index (χ4n) is 10.3. The maximum Gasteiger partial charge on any atom is 0.0468 e. The Kier molecular flexibility index (Phi) is 10.1. The molecular formula is C66H44N2S. The lowest BCUT2D eigenvalue weighted by Gasteiger charge is -2.27. The van der Waals surface area contributed by atoms with Gasteiger partial charge in [-0.25, -0.2) is 0 Å². The van der Waals surface area contributed by atoms with Gasteiger partial charge in [0.05, 0.1) is 0 Å². The summed E-state index contributed by atoms with van der Waals surface area (Å²) in [7, 11) is 0. The van der Waals surface area contributed by atoms with Gasteiger partial charge in [-0.05, 0) is 157 Å². The third-order valence-electron chi connectivity index (χ3n) is 13.7. The van der Waals surface area contributed by atoms with Crippen LogP contribution in [0.4, 0.5) is 34.1 Å². The number of thiophene rings is 1. The number of anilines is 6. The molecule has 0 amide bonds. The Morgan fingerprint density at radius 2 is 0.507 bits per heavy atom. The Bertz CT molecular complexity index is 3900. The van der Waals surface area contributed by atoms with Gasteiger partial charge in [-0.3, -0.25) is 0 Å². The van der Waals surface area contributed by atoms with Crippen molar-refractivity contribution in [1.29, 1.82) is 0 Å². The third kappa shape index (κ3) is 7.37. The minimum atomic E-state index is 1.09. The summed E-state index contributed by atoms with van der Waals surface area (Å²) in [6.07, 6.45) is 0. The van der Waals surface area contributed by atoms with Crippen LogP contribution in [-0.4, -0.2) is 0 Å². The average Bonchev–Trinajstić information content (AvgIpc) is 3.80. The maximum atomic E-state index is 2.39. The van der Waals surface area contributed by atoms with Gasteiger partial charge in [-0.2, -0.15) is 0 Å². The number of nitrogens with zero attached hydrogens (tertiary/aromatic N) is 2. The molecule has 0 saturated carbocycles. The van der Waals surface area contributed by atoms with E-state index in [0.717, 1.165) is 45.3 Å². The first kappa shape index (κ1) is 40.5. The molecule has 0 aliphatic rings. The molecule has 0 atom stereocenters. The quantitative estimate of drug-likeness (QED) is 0.133. The fourth-order valence-corrected chi connectivity index (χ4v) is 11.3. The van der Waals surface area contributed by atoms with Crippen molar-refractivity contribution < 1.29 is 0 Å². The summed E-state index contributed by atoms with van der Waals surface area (Å²) in [6, 6.07) is 97.3. The second-order valence-corrected chi connectivity index (χ2v) is 18.8. The van der Waals surface area contributed by atoms with E-state index >= 15 is 0 Å². The molecule has 0 saturated heterocycles. The Morgan fingerprint density at radius 3 is 1.00 bits per heavy atom. The molecule has 0 unspecified atom stereocenters. The van der Waals surface area contributed by atoms with E-state index in [1.807, 2.05) is 11.3 Å². The molecule has 0 aliphatic heterocycles. The van der Waals surface area contributed by atoms with Gasteiger partial charge in [0, 0.05) is 54.3 Å². The highest BCUT2D eigenvalue weighted by Crippen LogP contribution is 2.43. The molecular weight excluding hydrogens is 853 g/mol. The van der Waals surface area contributed by atoms with E-state index in [0.29, 0.717) is 0 Å². The maximum absolute atomic E-state index is 2.39. The Labute approximate surface area is 405 Å². The molecule has 0 N–H and O–H groups in total. The zero-order valence-corrected chi connectivity index (χ0v) is 38.5. The van der Waals surface area contributed by atoms with E-state index in [2.05, 4.69) is 277 Å². The highest BCUT2D eigenvalue weighted by atomic mass is 32.1. The van der Waals surface area contributed by atoms with Crippen molar-refractivity contribution in [2.45, 2.75) is 0 Å². The van der Waals surface area contributed by atoms with Crippen molar-refractivity contribution in [1.82, 2.24) is 0 Å². The highest BCUT2D eigenvalue weighted by Gasteiger charge is 2.18. The van der Waals surface area contributed by atoms with Crippen LogP contribution >= 0.6 is 11.3 Å². The molecule has 0 fully saturated rings. The summed E-state index contributed by atoms with van der Waals surface area (Å²) in [5, 5.41) is 10.2. The number of benzene rings is 12. The Hall–Kier alpha value is -8.76.